The fourth-order valence-corrected chi connectivity index (χ4v) is 0.649. The molecule has 0 unspecified atom stereocenters. The molecule has 1 rings (SSSR count). The summed E-state index contributed by atoms with van der Waals surface area (Å²) in [6.07, 6.45) is 3.31. The molecule has 0 amide bonds. The molecule has 0 fully saturated rings. The van der Waals surface area contributed by atoms with Crippen LogP contribution < -0.4 is 4.74 Å². The van der Waals surface area contributed by atoms with E-state index in [1.165, 1.54) is 0 Å². The van der Waals surface area contributed by atoms with Crippen molar-refractivity contribution < 1.29 is 4.74 Å². The molecule has 0 aliphatic heterocycles. The summed E-state index contributed by atoms with van der Waals surface area (Å²) in [6.45, 7) is 3.82. The maximum atomic E-state index is 5.49. The van der Waals surface area contributed by atoms with E-state index in [1.54, 1.807) is 18.5 Å². The average Bonchev–Trinajstić information content (AvgIpc) is 2.03. The van der Waals surface area contributed by atoms with Gasteiger partial charge in [0.25, 0.3) is 0 Å². The van der Waals surface area contributed by atoms with Crippen molar-refractivity contribution in [3.63, 3.8) is 0 Å². The normalized spacial score (nSPS) is 9.18. The van der Waals surface area contributed by atoms with E-state index in [-0.39, 0.29) is 0 Å². The standard InChI is InChI=1S/C8H8ClNO/c1-7(9)6-11-8-3-2-4-10-5-8/h2-5H,1,6H2. The van der Waals surface area contributed by atoms with Crippen LogP contribution in [-0.4, -0.2) is 11.6 Å². The molecular formula is C8H8ClNO. The van der Waals surface area contributed by atoms with Crippen LogP contribution in [0.1, 0.15) is 0 Å². The highest BCUT2D eigenvalue weighted by Gasteiger charge is 1.91. The molecule has 3 heteroatoms. The first-order valence-corrected chi connectivity index (χ1v) is 3.53. The molecule has 1 aromatic rings. The maximum Gasteiger partial charge on any atom is 0.138 e. The van der Waals surface area contributed by atoms with Crippen molar-refractivity contribution in [3.8, 4) is 5.75 Å². The number of rotatable bonds is 3. The lowest BCUT2D eigenvalue weighted by molar-refractivity contribution is 0.358. The van der Waals surface area contributed by atoms with Gasteiger partial charge in [-0.15, -0.1) is 0 Å². The van der Waals surface area contributed by atoms with E-state index in [0.29, 0.717) is 17.4 Å². The maximum absolute atomic E-state index is 5.49. The van der Waals surface area contributed by atoms with Gasteiger partial charge in [0, 0.05) is 11.2 Å². The summed E-state index contributed by atoms with van der Waals surface area (Å²) in [5, 5.41) is 0.480. The molecule has 0 spiro atoms. The summed E-state index contributed by atoms with van der Waals surface area (Å²) in [6, 6.07) is 3.61. The lowest BCUT2D eigenvalue weighted by atomic mass is 10.5. The summed E-state index contributed by atoms with van der Waals surface area (Å²) in [7, 11) is 0. The topological polar surface area (TPSA) is 22.1 Å². The van der Waals surface area contributed by atoms with Crippen molar-refractivity contribution in [1.29, 1.82) is 0 Å². The molecule has 0 radical (unpaired) electrons. The van der Waals surface area contributed by atoms with Gasteiger partial charge in [-0.3, -0.25) is 4.98 Å². The van der Waals surface area contributed by atoms with Crippen molar-refractivity contribution in [3.05, 3.63) is 36.1 Å². The summed E-state index contributed by atoms with van der Waals surface area (Å²) >= 11 is 5.49. The van der Waals surface area contributed by atoms with Crippen molar-refractivity contribution >= 4 is 11.6 Å². The minimum atomic E-state index is 0.327. The Bertz CT molecular complexity index is 235. The van der Waals surface area contributed by atoms with Crippen LogP contribution in [0.3, 0.4) is 0 Å². The lowest BCUT2D eigenvalue weighted by Gasteiger charge is -2.01. The Morgan fingerprint density at radius 3 is 3.09 bits per heavy atom. The van der Waals surface area contributed by atoms with Gasteiger partial charge in [0.15, 0.2) is 0 Å². The zero-order valence-corrected chi connectivity index (χ0v) is 6.71. The molecule has 1 aromatic heterocycles. The number of aromatic nitrogens is 1. The summed E-state index contributed by atoms with van der Waals surface area (Å²) in [5.74, 6) is 0.703. The second-order valence-electron chi connectivity index (χ2n) is 1.99. The Balaban J connectivity index is 2.45. The second-order valence-corrected chi connectivity index (χ2v) is 2.53. The summed E-state index contributed by atoms with van der Waals surface area (Å²) in [5.41, 5.74) is 0. The van der Waals surface area contributed by atoms with Crippen molar-refractivity contribution in [1.82, 2.24) is 4.98 Å². The van der Waals surface area contributed by atoms with Crippen LogP contribution in [0.25, 0.3) is 0 Å². The Morgan fingerprint density at radius 1 is 1.73 bits per heavy atom. The zero-order valence-electron chi connectivity index (χ0n) is 5.96. The van der Waals surface area contributed by atoms with Crippen molar-refractivity contribution in [2.45, 2.75) is 0 Å². The Hall–Kier alpha value is -1.02. The van der Waals surface area contributed by atoms with Crippen molar-refractivity contribution in [2.75, 3.05) is 6.61 Å². The van der Waals surface area contributed by atoms with Gasteiger partial charge in [-0.2, -0.15) is 0 Å². The molecule has 0 aromatic carbocycles. The van der Waals surface area contributed by atoms with Gasteiger partial charge < -0.3 is 4.74 Å². The molecule has 0 aliphatic carbocycles. The van der Waals surface area contributed by atoms with Crippen LogP contribution in [0.15, 0.2) is 36.1 Å². The Labute approximate surface area is 70.5 Å². The number of halogens is 1. The SMILES string of the molecule is C=C(Cl)COc1cccnc1. The van der Waals surface area contributed by atoms with Crippen molar-refractivity contribution in [2.24, 2.45) is 0 Å². The third-order valence-corrected chi connectivity index (χ3v) is 1.14. The Kier molecular flexibility index (Phi) is 2.93. The summed E-state index contributed by atoms with van der Waals surface area (Å²) < 4.78 is 5.17. The molecule has 0 bridgehead atoms. The first kappa shape index (κ1) is 8.08. The third kappa shape index (κ3) is 3.05. The van der Waals surface area contributed by atoms with Crippen LogP contribution >= 0.6 is 11.6 Å². The van der Waals surface area contributed by atoms with E-state index in [2.05, 4.69) is 11.6 Å². The van der Waals surface area contributed by atoms with Gasteiger partial charge in [-0.25, -0.2) is 0 Å². The van der Waals surface area contributed by atoms with Gasteiger partial charge in [-0.05, 0) is 12.1 Å². The van der Waals surface area contributed by atoms with E-state index < -0.39 is 0 Å². The minimum Gasteiger partial charge on any atom is -0.486 e. The predicted octanol–water partition coefficient (Wildman–Crippen LogP) is 2.21. The molecule has 0 saturated heterocycles. The van der Waals surface area contributed by atoms with Gasteiger partial charge in [0.1, 0.15) is 12.4 Å². The molecule has 0 atom stereocenters. The number of hydrogen-bond donors (Lipinski definition) is 0. The number of nitrogens with zero attached hydrogens (tertiary/aromatic N) is 1. The van der Waals surface area contributed by atoms with Crippen LogP contribution in [0.2, 0.25) is 0 Å². The van der Waals surface area contributed by atoms with Crippen LogP contribution in [0, 0.1) is 0 Å². The fraction of sp³-hybridized carbons (Fsp3) is 0.125. The van der Waals surface area contributed by atoms with Gasteiger partial charge in [0.2, 0.25) is 0 Å². The molecule has 1 heterocycles. The lowest BCUT2D eigenvalue weighted by Crippen LogP contribution is -1.95. The zero-order chi connectivity index (χ0) is 8.10. The van der Waals surface area contributed by atoms with Gasteiger partial charge >= 0.3 is 0 Å². The van der Waals surface area contributed by atoms with Gasteiger partial charge in [-0.1, -0.05) is 18.2 Å². The van der Waals surface area contributed by atoms with E-state index in [1.807, 2.05) is 6.07 Å². The van der Waals surface area contributed by atoms with E-state index in [4.69, 9.17) is 16.3 Å². The first-order chi connectivity index (χ1) is 5.29. The highest BCUT2D eigenvalue weighted by Crippen LogP contribution is 2.08. The number of ether oxygens (including phenoxy) is 1. The highest BCUT2D eigenvalue weighted by molar-refractivity contribution is 6.29. The van der Waals surface area contributed by atoms with E-state index >= 15 is 0 Å². The third-order valence-electron chi connectivity index (χ3n) is 1.03. The quantitative estimate of drug-likeness (QED) is 0.692. The van der Waals surface area contributed by atoms with Crippen LogP contribution in [-0.2, 0) is 0 Å². The first-order valence-electron chi connectivity index (χ1n) is 3.15. The summed E-state index contributed by atoms with van der Waals surface area (Å²) in [4.78, 5) is 3.86. The molecule has 0 N–H and O–H groups in total. The Morgan fingerprint density at radius 2 is 2.55 bits per heavy atom. The predicted molar refractivity (Wildman–Crippen MR) is 44.7 cm³/mol. The smallest absolute Gasteiger partial charge is 0.138 e. The minimum absolute atomic E-state index is 0.327. The highest BCUT2D eigenvalue weighted by atomic mass is 35.5. The molecule has 2 nitrogen and oxygen atoms in total. The number of pyridine rings is 1. The monoisotopic (exact) mass is 169 g/mol. The fourth-order valence-electron chi connectivity index (χ4n) is 0.594. The van der Waals surface area contributed by atoms with E-state index in [9.17, 15) is 0 Å². The molecule has 58 valence electrons. The molecule has 0 saturated carbocycles. The van der Waals surface area contributed by atoms with Gasteiger partial charge in [0.05, 0.1) is 6.20 Å². The molecular weight excluding hydrogens is 162 g/mol. The largest absolute Gasteiger partial charge is 0.486 e. The molecule has 11 heavy (non-hydrogen) atoms. The molecule has 0 aliphatic rings. The van der Waals surface area contributed by atoms with E-state index in [0.717, 1.165) is 0 Å². The van der Waals surface area contributed by atoms with Crippen LogP contribution in [0.4, 0.5) is 0 Å². The average molecular weight is 170 g/mol. The second kappa shape index (κ2) is 3.98. The number of hydrogen-bond acceptors (Lipinski definition) is 2. The van der Waals surface area contributed by atoms with Crippen LogP contribution in [0.5, 0.6) is 5.75 Å².